The van der Waals surface area contributed by atoms with Gasteiger partial charge >= 0.3 is 0 Å². The third-order valence-corrected chi connectivity index (χ3v) is 13.6. The molecule has 0 bridgehead atoms. The average molecular weight is 907 g/mol. The summed E-state index contributed by atoms with van der Waals surface area (Å²) in [5.41, 5.74) is 1.80. The van der Waals surface area contributed by atoms with Crippen LogP contribution in [0.25, 0.3) is 5.57 Å². The first kappa shape index (κ1) is 45.6. The second-order valence-corrected chi connectivity index (χ2v) is 17.3. The fourth-order valence-corrected chi connectivity index (χ4v) is 10.7. The summed E-state index contributed by atoms with van der Waals surface area (Å²) in [6, 6.07) is 4.23. The summed E-state index contributed by atoms with van der Waals surface area (Å²) in [7, 11) is 5.96. The lowest BCUT2D eigenvalue weighted by Crippen LogP contribution is -2.68. The van der Waals surface area contributed by atoms with Crippen LogP contribution in [0.5, 0.6) is 11.5 Å². The second kappa shape index (κ2) is 15.1. The van der Waals surface area contributed by atoms with E-state index in [2.05, 4.69) is 6.58 Å². The van der Waals surface area contributed by atoms with Crippen molar-refractivity contribution in [3.05, 3.63) is 110 Å². The summed E-state index contributed by atoms with van der Waals surface area (Å²) in [5, 5.41) is 109. The van der Waals surface area contributed by atoms with E-state index in [1.54, 1.807) is 0 Å². The van der Waals surface area contributed by atoms with Crippen molar-refractivity contribution in [2.75, 3.05) is 28.2 Å². The molecule has 6 aliphatic rings. The van der Waals surface area contributed by atoms with Gasteiger partial charge in [-0.25, -0.2) is 0 Å². The number of hydrogen-bond acceptors (Lipinski definition) is 18. The number of aliphatic hydroxyl groups excluding tert-OH is 6. The van der Waals surface area contributed by atoms with Crippen LogP contribution in [0.4, 0.5) is 0 Å². The molecule has 14 N–H and O–H groups in total. The van der Waals surface area contributed by atoms with E-state index in [1.165, 1.54) is 62.3 Å². The molecule has 8 rings (SSSR count). The molecular formula is C43H43ClN4O16. The van der Waals surface area contributed by atoms with Gasteiger partial charge in [0, 0.05) is 33.9 Å². The van der Waals surface area contributed by atoms with E-state index >= 15 is 0 Å². The van der Waals surface area contributed by atoms with Crippen LogP contribution in [0.3, 0.4) is 0 Å². The number of benzene rings is 2. The molecule has 0 fully saturated rings. The van der Waals surface area contributed by atoms with Gasteiger partial charge in [-0.15, -0.1) is 0 Å². The molecule has 0 saturated heterocycles. The Kier molecular flexibility index (Phi) is 10.8. The van der Waals surface area contributed by atoms with Crippen LogP contribution in [0.15, 0.2) is 82.2 Å². The third-order valence-electron chi connectivity index (χ3n) is 13.3. The Bertz CT molecular complexity index is 2700. The van der Waals surface area contributed by atoms with Crippen LogP contribution in [-0.4, -0.2) is 153 Å². The predicted octanol–water partition coefficient (Wildman–Crippen LogP) is -0.173. The second-order valence-electron chi connectivity index (χ2n) is 16.9. The van der Waals surface area contributed by atoms with Crippen molar-refractivity contribution in [2.45, 2.75) is 41.9 Å². The minimum Gasteiger partial charge on any atom is -0.510 e. The van der Waals surface area contributed by atoms with Crippen molar-refractivity contribution in [3.63, 3.8) is 0 Å². The molecule has 0 spiro atoms. The molecule has 0 aliphatic heterocycles. The topological polar surface area (TPSA) is 363 Å². The molecule has 2 aromatic carbocycles. The van der Waals surface area contributed by atoms with Gasteiger partial charge in [-0.1, -0.05) is 30.3 Å². The first-order chi connectivity index (χ1) is 29.7. The maximum Gasteiger partial charge on any atom is 0.255 e. The number of fused-ring (bicyclic) bond motifs is 6. The Morgan fingerprint density at radius 1 is 0.734 bits per heavy atom. The molecule has 0 heterocycles. The molecule has 10 atom stereocenters. The lowest BCUT2D eigenvalue weighted by molar-refractivity contribution is -0.159. The normalized spacial score (nSPS) is 32.1. The summed E-state index contributed by atoms with van der Waals surface area (Å²) in [5.74, 6) is -17.0. The molecule has 6 aliphatic carbocycles. The number of aromatic hydroxyl groups is 2. The van der Waals surface area contributed by atoms with Crippen molar-refractivity contribution in [1.82, 2.24) is 9.80 Å². The monoisotopic (exact) mass is 906 g/mol. The Morgan fingerprint density at radius 3 is 1.78 bits per heavy atom. The maximum absolute atomic E-state index is 13.3. The average Bonchev–Trinajstić information content (AvgIpc) is 3.20. The molecule has 2 amide bonds. The number of carbonyl (C=O) groups excluding carboxylic acids is 6. The van der Waals surface area contributed by atoms with Gasteiger partial charge in [-0.2, -0.15) is 0 Å². The highest BCUT2D eigenvalue weighted by Crippen LogP contribution is 2.57. The summed E-state index contributed by atoms with van der Waals surface area (Å²) in [6.07, 6.45) is -3.39. The number of primary amides is 2. The van der Waals surface area contributed by atoms with Crippen molar-refractivity contribution in [3.8, 4) is 11.5 Å². The molecule has 338 valence electrons. The summed E-state index contributed by atoms with van der Waals surface area (Å²) >= 11 is 6.17. The minimum atomic E-state index is -2.94. The van der Waals surface area contributed by atoms with E-state index in [0.717, 1.165) is 6.07 Å². The SMILES string of the molecule is C=C1c2cccc(O)c2C(=O)C2=C(O)[C@]3(O)C(=O)C(C(N)=O)=C(O)[C@@H](N(C)C)[C@@H]3[C@@H](O)[C@H]12.CN(C)[C@@H]1C(O)=C(C(N)=O)C(=O)[C@@]2(O)C(O)=C3C(=O)c4c(O)ccc(Cl)c4[C@@H](O)[C@H]3C[C@@H]12. The number of carbonyl (C=O) groups is 6. The van der Waals surface area contributed by atoms with Gasteiger partial charge in [0.15, 0.2) is 22.8 Å². The van der Waals surface area contributed by atoms with Crippen molar-refractivity contribution < 1.29 is 79.8 Å². The predicted molar refractivity (Wildman–Crippen MR) is 220 cm³/mol. The number of halogens is 1. The van der Waals surface area contributed by atoms with E-state index in [1.807, 2.05) is 0 Å². The third kappa shape index (κ3) is 5.83. The number of nitrogens with two attached hydrogens (primary N) is 2. The lowest BCUT2D eigenvalue weighted by atomic mass is 9.56. The maximum atomic E-state index is 13.3. The zero-order valence-corrected chi connectivity index (χ0v) is 35.0. The number of hydrogen-bond donors (Lipinski definition) is 12. The highest BCUT2D eigenvalue weighted by atomic mass is 35.5. The van der Waals surface area contributed by atoms with Gasteiger partial charge in [0.1, 0.15) is 45.7 Å². The van der Waals surface area contributed by atoms with E-state index < -0.39 is 151 Å². The van der Waals surface area contributed by atoms with Crippen molar-refractivity contribution in [2.24, 2.45) is 35.1 Å². The number of amides is 2. The van der Waals surface area contributed by atoms with Gasteiger partial charge in [0.25, 0.3) is 11.8 Å². The van der Waals surface area contributed by atoms with Gasteiger partial charge in [0.2, 0.25) is 11.6 Å². The number of Topliss-reactive ketones (excluding diaryl/α,β-unsaturated/α-hetero) is 4. The molecule has 0 aromatic heterocycles. The Labute approximate surface area is 367 Å². The first-order valence-corrected chi connectivity index (χ1v) is 19.8. The molecule has 2 aromatic rings. The number of nitrogens with zero attached hydrogens (tertiary/aromatic N) is 2. The van der Waals surface area contributed by atoms with Crippen molar-refractivity contribution in [1.29, 1.82) is 0 Å². The summed E-state index contributed by atoms with van der Waals surface area (Å²) < 4.78 is 0. The van der Waals surface area contributed by atoms with E-state index in [4.69, 9.17) is 23.1 Å². The zero-order valence-electron chi connectivity index (χ0n) is 34.3. The highest BCUT2D eigenvalue weighted by Gasteiger charge is 2.68. The smallest absolute Gasteiger partial charge is 0.255 e. The number of aliphatic hydroxyl groups is 8. The van der Waals surface area contributed by atoms with Gasteiger partial charge < -0.3 is 62.5 Å². The van der Waals surface area contributed by atoms with Crippen LogP contribution in [0, 0.1) is 23.7 Å². The number of rotatable bonds is 4. The fourth-order valence-electron chi connectivity index (χ4n) is 10.5. The van der Waals surface area contributed by atoms with E-state index in [0.29, 0.717) is 0 Å². The van der Waals surface area contributed by atoms with Crippen LogP contribution < -0.4 is 11.5 Å². The van der Waals surface area contributed by atoms with Crippen LogP contribution in [0.1, 0.15) is 44.4 Å². The Morgan fingerprint density at radius 2 is 1.23 bits per heavy atom. The standard InChI is InChI=1S/C22H22N2O8.C21H21ClN2O8/c1-7-8-5-4-6-9(25)11(8)16(26)12-10(7)17(27)14-15(24(2)3)18(28)13(21(23)31)20(30)22(14,32)19(12)29;1-24(2)14-7-5-6-10(16(27)12-9(25)4-3-8(22)11(12)15(6)26)18(29)21(7,32)19(30)13(17(14)28)20(23)31/h4-6,10,14-15,17,25,27-29,32H,1H2,2-3H3,(H2,23,31);3-4,6-7,14-15,25-26,28-29,32H,5H2,1-2H3,(H2,23,31)/t10-,14-,15+,17+,22+;6-,7-,14-,15-,21-/m10/s1. The molecule has 20 nitrogen and oxygen atoms in total. The van der Waals surface area contributed by atoms with Gasteiger partial charge in [-0.3, -0.25) is 38.6 Å². The number of ketones is 4. The minimum absolute atomic E-state index is 0.0145. The van der Waals surface area contributed by atoms with Gasteiger partial charge in [-0.05, 0) is 63.9 Å². The largest absolute Gasteiger partial charge is 0.510 e. The zero-order chi connectivity index (χ0) is 47.7. The van der Waals surface area contributed by atoms with Crippen LogP contribution >= 0.6 is 11.6 Å². The fraction of sp³-hybridized carbons (Fsp3) is 0.349. The molecule has 64 heavy (non-hydrogen) atoms. The van der Waals surface area contributed by atoms with E-state index in [9.17, 15) is 79.8 Å². The molecular weight excluding hydrogens is 864 g/mol. The van der Waals surface area contributed by atoms with Crippen molar-refractivity contribution >= 4 is 52.1 Å². The summed E-state index contributed by atoms with van der Waals surface area (Å²) in [4.78, 5) is 79.4. The van der Waals surface area contributed by atoms with Crippen LogP contribution in [-0.2, 0) is 19.2 Å². The number of phenolic OH excluding ortho intramolecular Hbond substituents is 2. The molecule has 21 heteroatoms. The quantitative estimate of drug-likeness (QED) is 0.177. The molecule has 0 saturated carbocycles. The van der Waals surface area contributed by atoms with E-state index in [-0.39, 0.29) is 39.3 Å². The number of likely N-dealkylation sites (N-methyl/N-ethyl adjacent to an activating group) is 2. The first-order valence-electron chi connectivity index (χ1n) is 19.4. The lowest BCUT2D eigenvalue weighted by Gasteiger charge is -2.52. The molecule has 0 unspecified atom stereocenters. The van der Waals surface area contributed by atoms with Gasteiger partial charge in [0.05, 0.1) is 46.9 Å². The highest BCUT2D eigenvalue weighted by molar-refractivity contribution is 6.33. The number of phenols is 2. The van der Waals surface area contributed by atoms with Crippen LogP contribution in [0.2, 0.25) is 5.02 Å². The Hall–Kier alpha value is -6.39. The summed E-state index contributed by atoms with van der Waals surface area (Å²) in [6.45, 7) is 3.91. The molecule has 0 radical (unpaired) electrons. The Balaban J connectivity index is 0.000000191.